The molecule has 3 aromatic rings. The fourth-order valence-electron chi connectivity index (χ4n) is 2.56. The number of carbonyl (C=O) groups excluding carboxylic acids is 3. The minimum absolute atomic E-state index is 0.143. The van der Waals surface area contributed by atoms with Crippen LogP contribution < -0.4 is 32.2 Å². The molecule has 0 aliphatic rings. The van der Waals surface area contributed by atoms with Crippen LogP contribution in [-0.4, -0.2) is 34.9 Å². The molecule has 11 nitrogen and oxygen atoms in total. The van der Waals surface area contributed by atoms with Gasteiger partial charge in [0.2, 0.25) is 0 Å². The van der Waals surface area contributed by atoms with Gasteiger partial charge in [0.15, 0.2) is 0 Å². The molecule has 2 aromatic carbocycles. The molecule has 176 valence electrons. The summed E-state index contributed by atoms with van der Waals surface area (Å²) in [7, 11) is 1.34. The number of rotatable bonds is 8. The van der Waals surface area contributed by atoms with E-state index >= 15 is 0 Å². The minimum Gasteiger partial charge on any atom is -0.456 e. The summed E-state index contributed by atoms with van der Waals surface area (Å²) in [6.07, 6.45) is 1.39. The Kier molecular flexibility index (Phi) is 8.21. The molecule has 6 N–H and O–H groups in total. The first-order valence-electron chi connectivity index (χ1n) is 9.92. The second-order valence-electron chi connectivity index (χ2n) is 6.89. The van der Waals surface area contributed by atoms with E-state index in [9.17, 15) is 14.4 Å². The average molecular weight is 484 g/mol. The van der Waals surface area contributed by atoms with E-state index in [1.165, 1.54) is 19.3 Å². The Morgan fingerprint density at radius 1 is 0.971 bits per heavy atom. The van der Waals surface area contributed by atoms with Gasteiger partial charge in [-0.1, -0.05) is 23.7 Å². The van der Waals surface area contributed by atoms with Gasteiger partial charge in [0.05, 0.1) is 11.9 Å². The van der Waals surface area contributed by atoms with E-state index < -0.39 is 18.0 Å². The number of pyridine rings is 1. The number of imide groups is 1. The van der Waals surface area contributed by atoms with Gasteiger partial charge in [0.25, 0.3) is 5.91 Å². The lowest BCUT2D eigenvalue weighted by Gasteiger charge is -2.18. The number of hydrogen-bond acceptors (Lipinski definition) is 7. The first-order chi connectivity index (χ1) is 16.3. The van der Waals surface area contributed by atoms with Crippen molar-refractivity contribution in [1.29, 1.82) is 0 Å². The largest absolute Gasteiger partial charge is 0.456 e. The van der Waals surface area contributed by atoms with Crippen molar-refractivity contribution in [2.24, 2.45) is 5.73 Å². The first-order valence-corrected chi connectivity index (χ1v) is 10.3. The van der Waals surface area contributed by atoms with Crippen molar-refractivity contribution in [3.05, 3.63) is 83.1 Å². The Bertz CT molecular complexity index is 1140. The summed E-state index contributed by atoms with van der Waals surface area (Å²) in [5, 5.41) is 3.23. The number of urea groups is 2. The zero-order valence-corrected chi connectivity index (χ0v) is 18.8. The normalized spacial score (nSPS) is 10.2. The molecule has 0 bridgehead atoms. The van der Waals surface area contributed by atoms with Crippen LogP contribution in [0.15, 0.2) is 66.9 Å². The molecule has 1 aromatic heterocycles. The molecule has 5 amide bonds. The molecular weight excluding hydrogens is 462 g/mol. The number of anilines is 1. The summed E-state index contributed by atoms with van der Waals surface area (Å²) in [6, 6.07) is 15.6. The van der Waals surface area contributed by atoms with E-state index in [0.29, 0.717) is 22.2 Å². The third-order valence-electron chi connectivity index (χ3n) is 4.42. The third-order valence-corrected chi connectivity index (χ3v) is 4.67. The van der Waals surface area contributed by atoms with Crippen LogP contribution in [0.1, 0.15) is 16.1 Å². The standard InChI is InChI=1S/C22H22ClN7O4/c1-30(21(32)26-12-14-2-4-15(23)5-3-14)22(33)28-29-27-16-6-8-17(9-7-16)34-18-10-11-19(20(24)31)25-13-18/h2-11,13,27,29H,12H2,1H3,(H2,24,31)(H,26,32)(H,28,33). The highest BCUT2D eigenvalue weighted by atomic mass is 35.5. The SMILES string of the molecule is CN(C(=O)NCc1ccc(Cl)cc1)C(=O)NNNc1ccc(Oc2ccc(C(N)=O)nc2)cc1. The maximum atomic E-state index is 12.1. The summed E-state index contributed by atoms with van der Waals surface area (Å²) >= 11 is 5.83. The van der Waals surface area contributed by atoms with E-state index in [2.05, 4.69) is 26.7 Å². The van der Waals surface area contributed by atoms with Crippen molar-refractivity contribution in [3.63, 3.8) is 0 Å². The Morgan fingerprint density at radius 3 is 2.26 bits per heavy atom. The zero-order chi connectivity index (χ0) is 24.5. The molecular formula is C22H22ClN7O4. The summed E-state index contributed by atoms with van der Waals surface area (Å²) in [5.74, 6) is 0.347. The van der Waals surface area contributed by atoms with Crippen molar-refractivity contribution in [1.82, 2.24) is 26.2 Å². The van der Waals surface area contributed by atoms with Crippen molar-refractivity contribution in [2.75, 3.05) is 12.5 Å². The van der Waals surface area contributed by atoms with Crippen molar-refractivity contribution in [2.45, 2.75) is 6.54 Å². The Hall–Kier alpha value is -4.35. The van der Waals surface area contributed by atoms with Gasteiger partial charge in [-0.3, -0.25) is 10.2 Å². The topological polar surface area (TPSA) is 151 Å². The molecule has 0 spiro atoms. The van der Waals surface area contributed by atoms with Gasteiger partial charge in [0.1, 0.15) is 17.2 Å². The third kappa shape index (κ3) is 7.08. The van der Waals surface area contributed by atoms with Crippen LogP contribution in [0.4, 0.5) is 15.3 Å². The molecule has 0 aliphatic heterocycles. The number of aromatic nitrogens is 1. The zero-order valence-electron chi connectivity index (χ0n) is 18.0. The number of hydrogen-bond donors (Lipinski definition) is 5. The quantitative estimate of drug-likeness (QED) is 0.309. The fraction of sp³-hybridized carbons (Fsp3) is 0.0909. The fourth-order valence-corrected chi connectivity index (χ4v) is 2.69. The van der Waals surface area contributed by atoms with Crippen molar-refractivity contribution >= 4 is 35.3 Å². The lowest BCUT2D eigenvalue weighted by Crippen LogP contribution is -2.51. The van der Waals surface area contributed by atoms with Crippen molar-refractivity contribution in [3.8, 4) is 11.5 Å². The number of hydrazine groups is 2. The van der Waals surface area contributed by atoms with Crippen LogP contribution in [0.25, 0.3) is 0 Å². The number of carbonyl (C=O) groups is 3. The van der Waals surface area contributed by atoms with E-state index in [1.807, 2.05) is 0 Å². The van der Waals surface area contributed by atoms with Crippen LogP contribution in [0, 0.1) is 0 Å². The minimum atomic E-state index is -0.673. The highest BCUT2D eigenvalue weighted by Gasteiger charge is 2.16. The Morgan fingerprint density at radius 2 is 1.65 bits per heavy atom. The number of benzene rings is 2. The molecule has 3 rings (SSSR count). The van der Waals surface area contributed by atoms with E-state index in [1.54, 1.807) is 54.6 Å². The molecule has 0 saturated carbocycles. The van der Waals surface area contributed by atoms with Gasteiger partial charge in [-0.05, 0) is 54.1 Å². The van der Waals surface area contributed by atoms with Gasteiger partial charge in [-0.15, -0.1) is 5.53 Å². The maximum absolute atomic E-state index is 12.1. The highest BCUT2D eigenvalue weighted by molar-refractivity contribution is 6.30. The second kappa shape index (κ2) is 11.5. The molecule has 0 unspecified atom stereocenters. The number of halogens is 1. The van der Waals surface area contributed by atoms with Gasteiger partial charge in [0, 0.05) is 18.6 Å². The number of nitrogens with one attached hydrogen (secondary N) is 4. The molecule has 12 heteroatoms. The molecule has 1 heterocycles. The van der Waals surface area contributed by atoms with E-state index in [4.69, 9.17) is 22.1 Å². The Labute approximate surface area is 200 Å². The predicted octanol–water partition coefficient (Wildman–Crippen LogP) is 3.01. The van der Waals surface area contributed by atoms with Gasteiger partial charge in [-0.25, -0.2) is 19.5 Å². The lowest BCUT2D eigenvalue weighted by molar-refractivity contribution is 0.0995. The molecule has 0 fully saturated rings. The average Bonchev–Trinajstić information content (AvgIpc) is 2.84. The highest BCUT2D eigenvalue weighted by Crippen LogP contribution is 2.22. The summed E-state index contributed by atoms with van der Waals surface area (Å²) in [5.41, 5.74) is 14.4. The maximum Gasteiger partial charge on any atom is 0.341 e. The van der Waals surface area contributed by atoms with Crippen LogP contribution in [-0.2, 0) is 6.54 Å². The summed E-state index contributed by atoms with van der Waals surface area (Å²) in [6.45, 7) is 0.249. The van der Waals surface area contributed by atoms with Crippen LogP contribution in [0.3, 0.4) is 0 Å². The number of primary amides is 1. The summed E-state index contributed by atoms with van der Waals surface area (Å²) in [4.78, 5) is 40.1. The van der Waals surface area contributed by atoms with E-state index in [0.717, 1.165) is 10.5 Å². The number of amides is 5. The van der Waals surface area contributed by atoms with Crippen LogP contribution in [0.2, 0.25) is 5.02 Å². The van der Waals surface area contributed by atoms with Crippen LogP contribution in [0.5, 0.6) is 11.5 Å². The van der Waals surface area contributed by atoms with E-state index in [-0.39, 0.29) is 12.2 Å². The molecule has 0 radical (unpaired) electrons. The van der Waals surface area contributed by atoms with Gasteiger partial charge >= 0.3 is 12.1 Å². The Balaban J connectivity index is 1.40. The van der Waals surface area contributed by atoms with Gasteiger partial charge < -0.3 is 21.2 Å². The van der Waals surface area contributed by atoms with Crippen molar-refractivity contribution < 1.29 is 19.1 Å². The first kappa shape index (κ1) is 24.3. The summed E-state index contributed by atoms with van der Waals surface area (Å²) < 4.78 is 5.64. The number of ether oxygens (including phenoxy) is 1. The van der Waals surface area contributed by atoms with Crippen LogP contribution >= 0.6 is 11.6 Å². The molecule has 0 aliphatic carbocycles. The molecule has 0 atom stereocenters. The molecule has 34 heavy (non-hydrogen) atoms. The monoisotopic (exact) mass is 483 g/mol. The smallest absolute Gasteiger partial charge is 0.341 e. The van der Waals surface area contributed by atoms with Gasteiger partial charge in [-0.2, -0.15) is 0 Å². The number of nitrogens with two attached hydrogens (primary N) is 1. The second-order valence-corrected chi connectivity index (χ2v) is 7.33. The molecule has 0 saturated heterocycles. The lowest BCUT2D eigenvalue weighted by atomic mass is 10.2. The number of nitrogens with zero attached hydrogens (tertiary/aromatic N) is 2. The predicted molar refractivity (Wildman–Crippen MR) is 126 cm³/mol.